The third-order valence-corrected chi connectivity index (χ3v) is 4.27. The van der Waals surface area contributed by atoms with Gasteiger partial charge in [-0.2, -0.15) is 4.21 Å². The monoisotopic (exact) mass is 312 g/mol. The van der Waals surface area contributed by atoms with Crippen LogP contribution in [0.15, 0.2) is 24.3 Å². The van der Waals surface area contributed by atoms with Gasteiger partial charge in [0, 0.05) is 0 Å². The smallest absolute Gasteiger partial charge is 0.302 e. The predicted octanol–water partition coefficient (Wildman–Crippen LogP) is 3.83. The topological polar surface area (TPSA) is 55.8 Å². The predicted molar refractivity (Wildman–Crippen MR) is 83.7 cm³/mol. The highest BCUT2D eigenvalue weighted by Crippen LogP contribution is 2.28. The standard InChI is InChI=1S/C16H24O4S/c1-16(2,3)12-8-10-13(11-9-12)19-14-6-4-5-7-15(14)20-21(17)18/h8-11,14-15H,4-7H2,1-3H3,(H,17,18). The summed E-state index contributed by atoms with van der Waals surface area (Å²) < 4.78 is 30.8. The summed E-state index contributed by atoms with van der Waals surface area (Å²) in [5, 5.41) is 0. The zero-order chi connectivity index (χ0) is 15.5. The van der Waals surface area contributed by atoms with E-state index in [2.05, 4.69) is 32.9 Å². The second kappa shape index (κ2) is 6.90. The molecule has 1 aliphatic rings. The van der Waals surface area contributed by atoms with Crippen LogP contribution in [0.25, 0.3) is 0 Å². The Labute approximate surface area is 129 Å². The summed E-state index contributed by atoms with van der Waals surface area (Å²) in [7, 11) is 0. The van der Waals surface area contributed by atoms with Gasteiger partial charge in [-0.15, -0.1) is 0 Å². The van der Waals surface area contributed by atoms with Crippen LogP contribution in [0.3, 0.4) is 0 Å². The summed E-state index contributed by atoms with van der Waals surface area (Å²) in [6, 6.07) is 8.06. The normalized spacial score (nSPS) is 24.6. The maximum absolute atomic E-state index is 10.9. The van der Waals surface area contributed by atoms with Crippen molar-refractivity contribution in [3.8, 4) is 5.75 Å². The fourth-order valence-corrected chi connectivity index (χ4v) is 3.05. The number of hydrogen-bond acceptors (Lipinski definition) is 3. The molecule has 0 aliphatic heterocycles. The van der Waals surface area contributed by atoms with E-state index in [1.165, 1.54) is 5.56 Å². The molecular weight excluding hydrogens is 288 g/mol. The Balaban J connectivity index is 2.03. The Bertz CT molecular complexity index is 478. The number of benzene rings is 1. The van der Waals surface area contributed by atoms with Gasteiger partial charge in [0.2, 0.25) is 0 Å². The first-order valence-electron chi connectivity index (χ1n) is 7.41. The van der Waals surface area contributed by atoms with Gasteiger partial charge in [0.25, 0.3) is 0 Å². The second-order valence-electron chi connectivity index (χ2n) is 6.57. The average Bonchev–Trinajstić information content (AvgIpc) is 2.40. The van der Waals surface area contributed by atoms with Gasteiger partial charge in [-0.1, -0.05) is 39.3 Å². The van der Waals surface area contributed by atoms with Gasteiger partial charge >= 0.3 is 11.4 Å². The lowest BCUT2D eigenvalue weighted by molar-refractivity contribution is 0.0261. The Morgan fingerprint density at radius 2 is 1.67 bits per heavy atom. The van der Waals surface area contributed by atoms with Crippen LogP contribution in [0.1, 0.15) is 52.0 Å². The number of ether oxygens (including phenoxy) is 1. The molecule has 0 spiro atoms. The molecule has 0 aromatic heterocycles. The SMILES string of the molecule is CC(C)(C)c1ccc(OC2CCCCC2OS(=O)O)cc1. The molecule has 1 N–H and O–H groups in total. The van der Waals surface area contributed by atoms with Crippen LogP contribution in [0, 0.1) is 0 Å². The van der Waals surface area contributed by atoms with Crippen molar-refractivity contribution in [2.45, 2.75) is 64.1 Å². The van der Waals surface area contributed by atoms with Gasteiger partial charge in [-0.3, -0.25) is 8.74 Å². The molecule has 1 aliphatic carbocycles. The highest BCUT2D eigenvalue weighted by atomic mass is 32.2. The van der Waals surface area contributed by atoms with E-state index in [9.17, 15) is 4.21 Å². The van der Waals surface area contributed by atoms with Crippen molar-refractivity contribution in [1.82, 2.24) is 0 Å². The van der Waals surface area contributed by atoms with Crippen LogP contribution in [0.2, 0.25) is 0 Å². The summed E-state index contributed by atoms with van der Waals surface area (Å²) in [5.41, 5.74) is 1.37. The number of rotatable bonds is 4. The van der Waals surface area contributed by atoms with Gasteiger partial charge in [-0.25, -0.2) is 0 Å². The maximum atomic E-state index is 10.9. The zero-order valence-corrected chi connectivity index (χ0v) is 13.7. The Hall–Kier alpha value is -0.910. The minimum atomic E-state index is -2.24. The minimum absolute atomic E-state index is 0.114. The van der Waals surface area contributed by atoms with E-state index in [4.69, 9.17) is 13.5 Å². The molecule has 0 bridgehead atoms. The Morgan fingerprint density at radius 3 is 2.19 bits per heavy atom. The van der Waals surface area contributed by atoms with Crippen molar-refractivity contribution in [1.29, 1.82) is 0 Å². The summed E-state index contributed by atoms with van der Waals surface area (Å²) >= 11 is -2.24. The molecule has 5 heteroatoms. The number of hydrogen-bond donors (Lipinski definition) is 1. The van der Waals surface area contributed by atoms with Crippen molar-refractivity contribution in [3.63, 3.8) is 0 Å². The van der Waals surface area contributed by atoms with Gasteiger partial charge in [-0.05, 0) is 42.4 Å². The zero-order valence-electron chi connectivity index (χ0n) is 12.9. The summed E-state index contributed by atoms with van der Waals surface area (Å²) in [6.07, 6.45) is 3.20. The van der Waals surface area contributed by atoms with Crippen LogP contribution in [-0.4, -0.2) is 21.0 Å². The van der Waals surface area contributed by atoms with E-state index >= 15 is 0 Å². The first kappa shape index (κ1) is 16.5. The van der Waals surface area contributed by atoms with Crippen LogP contribution < -0.4 is 4.74 Å². The summed E-state index contributed by atoms with van der Waals surface area (Å²) in [5.74, 6) is 0.784. The molecule has 118 valence electrons. The van der Waals surface area contributed by atoms with E-state index in [1.54, 1.807) is 0 Å². The lowest BCUT2D eigenvalue weighted by Gasteiger charge is -2.30. The molecule has 1 fully saturated rings. The summed E-state index contributed by atoms with van der Waals surface area (Å²) in [6.45, 7) is 6.51. The van der Waals surface area contributed by atoms with E-state index in [0.29, 0.717) is 0 Å². The molecule has 3 atom stereocenters. The van der Waals surface area contributed by atoms with Gasteiger partial charge in [0.1, 0.15) is 18.0 Å². The van der Waals surface area contributed by atoms with Crippen LogP contribution in [-0.2, 0) is 21.0 Å². The third kappa shape index (κ3) is 4.80. The summed E-state index contributed by atoms with van der Waals surface area (Å²) in [4.78, 5) is 0. The quantitative estimate of drug-likeness (QED) is 0.859. The minimum Gasteiger partial charge on any atom is -0.488 e. The molecule has 1 saturated carbocycles. The maximum Gasteiger partial charge on any atom is 0.302 e. The molecule has 2 rings (SSSR count). The molecule has 0 heterocycles. The van der Waals surface area contributed by atoms with Crippen LogP contribution in [0.5, 0.6) is 5.75 Å². The molecule has 0 radical (unpaired) electrons. The van der Waals surface area contributed by atoms with Crippen molar-refractivity contribution in [2.75, 3.05) is 0 Å². The third-order valence-electron chi connectivity index (χ3n) is 3.86. The molecule has 0 saturated heterocycles. The van der Waals surface area contributed by atoms with Gasteiger partial charge < -0.3 is 4.74 Å². The molecule has 0 amide bonds. The molecule has 4 nitrogen and oxygen atoms in total. The Morgan fingerprint density at radius 1 is 1.10 bits per heavy atom. The van der Waals surface area contributed by atoms with E-state index in [0.717, 1.165) is 31.4 Å². The van der Waals surface area contributed by atoms with Crippen molar-refractivity contribution in [3.05, 3.63) is 29.8 Å². The first-order chi connectivity index (χ1) is 9.86. The highest BCUT2D eigenvalue weighted by Gasteiger charge is 2.29. The van der Waals surface area contributed by atoms with Crippen molar-refractivity contribution >= 4 is 11.4 Å². The van der Waals surface area contributed by atoms with Crippen molar-refractivity contribution < 1.29 is 17.7 Å². The molecule has 3 unspecified atom stereocenters. The van der Waals surface area contributed by atoms with Gasteiger partial charge in [0.15, 0.2) is 0 Å². The van der Waals surface area contributed by atoms with Gasteiger partial charge in [0.05, 0.1) is 0 Å². The lowest BCUT2D eigenvalue weighted by atomic mass is 9.87. The highest BCUT2D eigenvalue weighted by molar-refractivity contribution is 7.74. The fourth-order valence-electron chi connectivity index (χ4n) is 2.62. The molecule has 1 aromatic carbocycles. The Kier molecular flexibility index (Phi) is 5.41. The second-order valence-corrected chi connectivity index (χ2v) is 7.19. The molecule has 21 heavy (non-hydrogen) atoms. The van der Waals surface area contributed by atoms with Crippen molar-refractivity contribution in [2.24, 2.45) is 0 Å². The van der Waals surface area contributed by atoms with E-state index in [-0.39, 0.29) is 17.6 Å². The van der Waals surface area contributed by atoms with Crippen LogP contribution in [0.4, 0.5) is 0 Å². The molecule has 1 aromatic rings. The largest absolute Gasteiger partial charge is 0.488 e. The van der Waals surface area contributed by atoms with E-state index < -0.39 is 11.4 Å². The fraction of sp³-hybridized carbons (Fsp3) is 0.625. The average molecular weight is 312 g/mol. The molecular formula is C16H24O4S. The van der Waals surface area contributed by atoms with E-state index in [1.807, 2.05) is 12.1 Å². The van der Waals surface area contributed by atoms with Crippen LogP contribution >= 0.6 is 0 Å². The first-order valence-corrected chi connectivity index (χ1v) is 8.44. The lowest BCUT2D eigenvalue weighted by Crippen LogP contribution is -2.37.